The Morgan fingerprint density at radius 3 is 2.41 bits per heavy atom. The van der Waals surface area contributed by atoms with E-state index in [1.54, 1.807) is 11.8 Å². The number of ether oxygens (including phenoxy) is 5. The molecule has 0 saturated carbocycles. The van der Waals surface area contributed by atoms with Crippen LogP contribution in [0.15, 0.2) is 46.7 Å². The van der Waals surface area contributed by atoms with E-state index in [1.807, 2.05) is 6.07 Å². The Morgan fingerprint density at radius 1 is 0.931 bits per heavy atom. The molecule has 29 heavy (non-hydrogen) atoms. The van der Waals surface area contributed by atoms with Crippen molar-refractivity contribution < 1.29 is 23.7 Å². The average molecular weight is 421 g/mol. The smallest absolute Gasteiger partial charge is 0.158 e. The van der Waals surface area contributed by atoms with Gasteiger partial charge < -0.3 is 23.7 Å². The Balaban J connectivity index is 1.35. The van der Waals surface area contributed by atoms with Gasteiger partial charge in [-0.05, 0) is 62.1 Å². The SMILES string of the molecule is C(=C[C@H]1OC[C@@H](OC2CCCCO2)[C@H]1COC1CCCCO1)Sc1ccccc1. The third-order valence-electron chi connectivity index (χ3n) is 5.65. The fraction of sp³-hybridized carbons (Fsp3) is 0.652. The lowest BCUT2D eigenvalue weighted by molar-refractivity contribution is -0.207. The quantitative estimate of drug-likeness (QED) is 0.565. The molecule has 0 spiro atoms. The summed E-state index contributed by atoms with van der Waals surface area (Å²) >= 11 is 1.70. The van der Waals surface area contributed by atoms with Crippen LogP contribution < -0.4 is 0 Å². The van der Waals surface area contributed by atoms with Crippen molar-refractivity contribution in [3.8, 4) is 0 Å². The summed E-state index contributed by atoms with van der Waals surface area (Å²) in [5.74, 6) is 0.138. The van der Waals surface area contributed by atoms with Crippen molar-refractivity contribution in [2.45, 2.75) is 68.2 Å². The minimum Gasteiger partial charge on any atom is -0.371 e. The van der Waals surface area contributed by atoms with Gasteiger partial charge >= 0.3 is 0 Å². The van der Waals surface area contributed by atoms with E-state index in [9.17, 15) is 0 Å². The molecule has 3 fully saturated rings. The van der Waals surface area contributed by atoms with Gasteiger partial charge in [0.1, 0.15) is 0 Å². The summed E-state index contributed by atoms with van der Waals surface area (Å²) in [4.78, 5) is 1.22. The van der Waals surface area contributed by atoms with Crippen molar-refractivity contribution in [1.29, 1.82) is 0 Å². The van der Waals surface area contributed by atoms with Gasteiger partial charge in [-0.15, -0.1) is 0 Å². The molecule has 0 aliphatic carbocycles. The number of hydrogen-bond donors (Lipinski definition) is 0. The molecular formula is C23H32O5S. The third kappa shape index (κ3) is 6.54. The van der Waals surface area contributed by atoms with Crippen LogP contribution in [0.25, 0.3) is 0 Å². The molecule has 3 aliphatic heterocycles. The number of hydrogen-bond acceptors (Lipinski definition) is 6. The molecule has 0 N–H and O–H groups in total. The van der Waals surface area contributed by atoms with Crippen LogP contribution in [0, 0.1) is 5.92 Å². The Bertz CT molecular complexity index is 613. The number of thioether (sulfide) groups is 1. The zero-order chi connectivity index (χ0) is 19.7. The van der Waals surface area contributed by atoms with E-state index in [4.69, 9.17) is 23.7 Å². The van der Waals surface area contributed by atoms with E-state index in [0.717, 1.165) is 45.3 Å². The lowest BCUT2D eigenvalue weighted by Crippen LogP contribution is -2.37. The van der Waals surface area contributed by atoms with Crippen LogP contribution in [0.5, 0.6) is 0 Å². The van der Waals surface area contributed by atoms with Crippen LogP contribution in [0.2, 0.25) is 0 Å². The minimum absolute atomic E-state index is 0.0157. The molecular weight excluding hydrogens is 388 g/mol. The second-order valence-corrected chi connectivity index (χ2v) is 8.80. The summed E-state index contributed by atoms with van der Waals surface area (Å²) in [5, 5.41) is 2.11. The maximum atomic E-state index is 6.29. The zero-order valence-electron chi connectivity index (χ0n) is 16.9. The van der Waals surface area contributed by atoms with Crippen LogP contribution in [-0.4, -0.2) is 51.2 Å². The largest absolute Gasteiger partial charge is 0.371 e. The molecule has 1 aromatic carbocycles. The first-order valence-corrected chi connectivity index (χ1v) is 11.8. The maximum absolute atomic E-state index is 6.29. The monoisotopic (exact) mass is 420 g/mol. The van der Waals surface area contributed by atoms with Gasteiger partial charge in [0.25, 0.3) is 0 Å². The standard InChI is InChI=1S/C23H32O5S/c1-2-8-18(9-3-1)29-15-12-20-19(16-27-22-10-4-6-13-24-22)21(17-26-20)28-23-11-5-7-14-25-23/h1-3,8-9,12,15,19-23H,4-7,10-11,13-14,16-17H2/t19-,20+,21+,22?,23?/m0/s1. The van der Waals surface area contributed by atoms with Crippen molar-refractivity contribution in [3.05, 3.63) is 41.8 Å². The summed E-state index contributed by atoms with van der Waals surface area (Å²) in [6, 6.07) is 10.4. The molecule has 4 rings (SSSR count). The summed E-state index contributed by atoms with van der Waals surface area (Å²) in [5.41, 5.74) is 0. The molecule has 2 unspecified atom stereocenters. The zero-order valence-corrected chi connectivity index (χ0v) is 17.8. The van der Waals surface area contributed by atoms with E-state index in [0.29, 0.717) is 13.2 Å². The fourth-order valence-corrected chi connectivity index (χ4v) is 4.68. The van der Waals surface area contributed by atoms with Gasteiger partial charge in [-0.3, -0.25) is 0 Å². The lowest BCUT2D eigenvalue weighted by Gasteiger charge is -2.30. The topological polar surface area (TPSA) is 46.2 Å². The van der Waals surface area contributed by atoms with Crippen LogP contribution in [0.1, 0.15) is 38.5 Å². The van der Waals surface area contributed by atoms with Gasteiger partial charge in [0.15, 0.2) is 12.6 Å². The average Bonchev–Trinajstić information content (AvgIpc) is 3.16. The van der Waals surface area contributed by atoms with Gasteiger partial charge in [-0.2, -0.15) is 0 Å². The van der Waals surface area contributed by atoms with Crippen molar-refractivity contribution in [2.24, 2.45) is 5.92 Å². The van der Waals surface area contributed by atoms with Crippen molar-refractivity contribution in [1.82, 2.24) is 0 Å². The van der Waals surface area contributed by atoms with E-state index >= 15 is 0 Å². The Labute approximate surface area is 178 Å². The molecule has 0 bridgehead atoms. The van der Waals surface area contributed by atoms with Crippen LogP contribution in [0.3, 0.4) is 0 Å². The van der Waals surface area contributed by atoms with Gasteiger partial charge in [-0.1, -0.05) is 30.0 Å². The highest BCUT2D eigenvalue weighted by Gasteiger charge is 2.39. The summed E-state index contributed by atoms with van der Waals surface area (Å²) < 4.78 is 30.0. The molecule has 6 heteroatoms. The normalized spacial score (nSPS) is 33.3. The lowest BCUT2D eigenvalue weighted by atomic mass is 9.99. The summed E-state index contributed by atoms with van der Waals surface area (Å²) in [6.45, 7) is 2.72. The third-order valence-corrected chi connectivity index (χ3v) is 6.48. The Kier molecular flexibility index (Phi) is 8.46. The van der Waals surface area contributed by atoms with Crippen molar-refractivity contribution in [2.75, 3.05) is 26.4 Å². The highest BCUT2D eigenvalue weighted by molar-refractivity contribution is 8.02. The first-order valence-electron chi connectivity index (χ1n) is 10.9. The van der Waals surface area contributed by atoms with Gasteiger partial charge in [0.05, 0.1) is 25.4 Å². The number of rotatable bonds is 8. The highest BCUT2D eigenvalue weighted by atomic mass is 32.2. The molecule has 0 radical (unpaired) electrons. The van der Waals surface area contributed by atoms with E-state index < -0.39 is 0 Å². The number of benzene rings is 1. The summed E-state index contributed by atoms with van der Waals surface area (Å²) in [6.07, 6.45) is 8.38. The molecule has 0 aromatic heterocycles. The molecule has 160 valence electrons. The first kappa shape index (κ1) is 21.3. The highest BCUT2D eigenvalue weighted by Crippen LogP contribution is 2.31. The predicted octanol–water partition coefficient (Wildman–Crippen LogP) is 4.76. The maximum Gasteiger partial charge on any atom is 0.158 e. The molecule has 5 nitrogen and oxygen atoms in total. The molecule has 3 heterocycles. The molecule has 0 amide bonds. The molecule has 3 saturated heterocycles. The van der Waals surface area contributed by atoms with Crippen molar-refractivity contribution >= 4 is 11.8 Å². The van der Waals surface area contributed by atoms with Crippen molar-refractivity contribution in [3.63, 3.8) is 0 Å². The minimum atomic E-state index is -0.118. The van der Waals surface area contributed by atoms with Gasteiger partial charge in [0.2, 0.25) is 0 Å². The van der Waals surface area contributed by atoms with E-state index in [2.05, 4.69) is 35.7 Å². The molecule has 1 aromatic rings. The van der Waals surface area contributed by atoms with E-state index in [1.165, 1.54) is 11.3 Å². The molecule has 5 atom stereocenters. The van der Waals surface area contributed by atoms with Crippen LogP contribution in [-0.2, 0) is 23.7 Å². The summed E-state index contributed by atoms with van der Waals surface area (Å²) in [7, 11) is 0. The second kappa shape index (κ2) is 11.5. The Morgan fingerprint density at radius 2 is 1.69 bits per heavy atom. The fourth-order valence-electron chi connectivity index (χ4n) is 3.97. The van der Waals surface area contributed by atoms with Gasteiger partial charge in [0, 0.05) is 24.0 Å². The van der Waals surface area contributed by atoms with Crippen LogP contribution in [0.4, 0.5) is 0 Å². The van der Waals surface area contributed by atoms with Gasteiger partial charge in [-0.25, -0.2) is 0 Å². The first-order chi connectivity index (χ1) is 14.4. The second-order valence-electron chi connectivity index (χ2n) is 7.82. The predicted molar refractivity (Wildman–Crippen MR) is 113 cm³/mol. The molecule has 3 aliphatic rings. The van der Waals surface area contributed by atoms with E-state index in [-0.39, 0.29) is 30.7 Å². The van der Waals surface area contributed by atoms with Crippen LogP contribution >= 0.6 is 11.8 Å². The Hall–Kier alpha value is -0.890.